The lowest BCUT2D eigenvalue weighted by molar-refractivity contribution is 0.0761. The highest BCUT2D eigenvalue weighted by Crippen LogP contribution is 2.28. The van der Waals surface area contributed by atoms with E-state index in [4.69, 9.17) is 4.74 Å². The van der Waals surface area contributed by atoms with E-state index >= 15 is 0 Å². The normalized spacial score (nSPS) is 12.9. The zero-order valence-corrected chi connectivity index (χ0v) is 14.3. The summed E-state index contributed by atoms with van der Waals surface area (Å²) in [6.45, 7) is 4.72. The largest absolute Gasteiger partial charge is 0.372 e. The van der Waals surface area contributed by atoms with Crippen LogP contribution in [-0.4, -0.2) is 31.3 Å². The molecular weight excluding hydrogens is 318 g/mol. The van der Waals surface area contributed by atoms with Gasteiger partial charge in [-0.1, -0.05) is 11.8 Å². The van der Waals surface area contributed by atoms with Crippen molar-refractivity contribution in [2.24, 2.45) is 7.05 Å². The van der Waals surface area contributed by atoms with Crippen molar-refractivity contribution in [1.82, 2.24) is 24.7 Å². The molecule has 0 aliphatic carbocycles. The molecule has 0 spiro atoms. The van der Waals surface area contributed by atoms with Crippen LogP contribution < -0.4 is 0 Å². The van der Waals surface area contributed by atoms with E-state index in [0.717, 1.165) is 32.5 Å². The van der Waals surface area contributed by atoms with Crippen LogP contribution in [0.25, 0.3) is 11.0 Å². The average Bonchev–Trinajstić information content (AvgIpc) is 3.13. The number of rotatable bonds is 6. The minimum Gasteiger partial charge on any atom is -0.372 e. The fourth-order valence-electron chi connectivity index (χ4n) is 2.09. The van der Waals surface area contributed by atoms with E-state index in [1.165, 1.54) is 0 Å². The predicted octanol–water partition coefficient (Wildman–Crippen LogP) is 3.21. The Kier molecular flexibility index (Phi) is 4.70. The van der Waals surface area contributed by atoms with E-state index in [1.54, 1.807) is 40.3 Å². The van der Waals surface area contributed by atoms with Gasteiger partial charge in [-0.2, -0.15) is 5.10 Å². The van der Waals surface area contributed by atoms with Crippen LogP contribution in [0.1, 0.15) is 30.7 Å². The molecule has 0 N–H and O–H groups in total. The highest BCUT2D eigenvalue weighted by molar-refractivity contribution is 7.98. The smallest absolute Gasteiger partial charge is 0.162 e. The standard InChI is InChI=1S/C14H17N5OS2/c1-4-20-9(2)13-18-10(6-21-13)7-22-14-11-5-17-19(3)12(11)15-8-16-14/h5-6,8-9H,4,7H2,1-3H3. The fourth-order valence-corrected chi connectivity index (χ4v) is 3.88. The molecule has 0 radical (unpaired) electrons. The molecule has 1 atom stereocenters. The Bertz CT molecular complexity index is 770. The number of ether oxygens (including phenoxy) is 1. The summed E-state index contributed by atoms with van der Waals surface area (Å²) >= 11 is 3.30. The molecule has 0 saturated heterocycles. The molecule has 3 rings (SSSR count). The molecule has 22 heavy (non-hydrogen) atoms. The Labute approximate surface area is 137 Å². The summed E-state index contributed by atoms with van der Waals surface area (Å²) in [6.07, 6.45) is 3.44. The summed E-state index contributed by atoms with van der Waals surface area (Å²) in [5.41, 5.74) is 1.90. The van der Waals surface area contributed by atoms with Crippen molar-refractivity contribution >= 4 is 34.1 Å². The number of hydrogen-bond acceptors (Lipinski definition) is 7. The van der Waals surface area contributed by atoms with Crippen LogP contribution >= 0.6 is 23.1 Å². The van der Waals surface area contributed by atoms with E-state index in [1.807, 2.05) is 20.9 Å². The Morgan fingerprint density at radius 2 is 2.27 bits per heavy atom. The van der Waals surface area contributed by atoms with Crippen molar-refractivity contribution in [3.63, 3.8) is 0 Å². The van der Waals surface area contributed by atoms with Crippen molar-refractivity contribution in [2.45, 2.75) is 30.7 Å². The molecule has 0 bridgehead atoms. The Morgan fingerprint density at radius 3 is 3.09 bits per heavy atom. The molecule has 0 amide bonds. The Morgan fingerprint density at radius 1 is 1.41 bits per heavy atom. The van der Waals surface area contributed by atoms with Crippen LogP contribution in [0.4, 0.5) is 0 Å². The number of fused-ring (bicyclic) bond motifs is 1. The lowest BCUT2D eigenvalue weighted by Gasteiger charge is -2.06. The van der Waals surface area contributed by atoms with Gasteiger partial charge in [0.05, 0.1) is 17.3 Å². The van der Waals surface area contributed by atoms with Crippen molar-refractivity contribution in [2.75, 3.05) is 6.61 Å². The number of hydrogen-bond donors (Lipinski definition) is 0. The van der Waals surface area contributed by atoms with Crippen LogP contribution in [0, 0.1) is 0 Å². The molecule has 0 fully saturated rings. The number of thioether (sulfide) groups is 1. The van der Waals surface area contributed by atoms with Crippen molar-refractivity contribution in [1.29, 1.82) is 0 Å². The molecule has 3 aromatic heterocycles. The summed E-state index contributed by atoms with van der Waals surface area (Å²) in [5, 5.41) is 9.25. The van der Waals surface area contributed by atoms with Crippen molar-refractivity contribution in [3.8, 4) is 0 Å². The SMILES string of the molecule is CCOC(C)c1nc(CSc2ncnc3c2cnn3C)cs1. The third-order valence-corrected chi connectivity index (χ3v) is 5.28. The molecule has 0 aromatic carbocycles. The Hall–Kier alpha value is -1.51. The molecular formula is C14H17N5OS2. The van der Waals surface area contributed by atoms with Gasteiger partial charge in [0.1, 0.15) is 22.5 Å². The lowest BCUT2D eigenvalue weighted by atomic mass is 10.4. The molecule has 0 saturated carbocycles. The molecule has 6 nitrogen and oxygen atoms in total. The summed E-state index contributed by atoms with van der Waals surface area (Å²) < 4.78 is 7.33. The van der Waals surface area contributed by atoms with Gasteiger partial charge in [0, 0.05) is 24.8 Å². The number of aryl methyl sites for hydroxylation is 1. The minimum absolute atomic E-state index is 0.0535. The predicted molar refractivity (Wildman–Crippen MR) is 88.0 cm³/mol. The highest BCUT2D eigenvalue weighted by Gasteiger charge is 2.12. The summed E-state index contributed by atoms with van der Waals surface area (Å²) in [5.74, 6) is 0.774. The van der Waals surface area contributed by atoms with Crippen LogP contribution in [0.3, 0.4) is 0 Å². The third-order valence-electron chi connectivity index (χ3n) is 3.18. The topological polar surface area (TPSA) is 65.7 Å². The number of nitrogens with zero attached hydrogens (tertiary/aromatic N) is 5. The van der Waals surface area contributed by atoms with Crippen LogP contribution in [0.15, 0.2) is 22.9 Å². The van der Waals surface area contributed by atoms with E-state index in [2.05, 4.69) is 25.4 Å². The number of thiazole rings is 1. The van der Waals surface area contributed by atoms with E-state index in [-0.39, 0.29) is 6.10 Å². The molecule has 0 aliphatic rings. The molecule has 8 heteroatoms. The van der Waals surface area contributed by atoms with Crippen LogP contribution in [0.5, 0.6) is 0 Å². The quantitative estimate of drug-likeness (QED) is 0.509. The summed E-state index contributed by atoms with van der Waals surface area (Å²) in [6, 6.07) is 0. The highest BCUT2D eigenvalue weighted by atomic mass is 32.2. The summed E-state index contributed by atoms with van der Waals surface area (Å²) in [4.78, 5) is 13.2. The van der Waals surface area contributed by atoms with Gasteiger partial charge in [-0.3, -0.25) is 4.68 Å². The van der Waals surface area contributed by atoms with Gasteiger partial charge in [0.2, 0.25) is 0 Å². The monoisotopic (exact) mass is 335 g/mol. The average molecular weight is 335 g/mol. The third kappa shape index (κ3) is 3.13. The maximum atomic E-state index is 5.57. The van der Waals surface area contributed by atoms with Crippen molar-refractivity contribution < 1.29 is 4.74 Å². The van der Waals surface area contributed by atoms with Gasteiger partial charge >= 0.3 is 0 Å². The first-order valence-corrected chi connectivity index (χ1v) is 8.87. The van der Waals surface area contributed by atoms with Crippen LogP contribution in [-0.2, 0) is 17.5 Å². The first-order chi connectivity index (χ1) is 10.7. The second-order valence-electron chi connectivity index (χ2n) is 4.75. The minimum atomic E-state index is 0.0535. The van der Waals surface area contributed by atoms with Crippen molar-refractivity contribution in [3.05, 3.63) is 28.6 Å². The van der Waals surface area contributed by atoms with E-state index in [0.29, 0.717) is 6.61 Å². The summed E-state index contributed by atoms with van der Waals surface area (Å²) in [7, 11) is 1.88. The van der Waals surface area contributed by atoms with Gasteiger partial charge in [-0.25, -0.2) is 15.0 Å². The second kappa shape index (κ2) is 6.72. The zero-order chi connectivity index (χ0) is 15.5. The first-order valence-electron chi connectivity index (χ1n) is 7.00. The first kappa shape index (κ1) is 15.4. The molecule has 3 aromatic rings. The maximum absolute atomic E-state index is 5.57. The van der Waals surface area contributed by atoms with E-state index < -0.39 is 0 Å². The zero-order valence-electron chi connectivity index (χ0n) is 12.7. The van der Waals surface area contributed by atoms with Crippen LogP contribution in [0.2, 0.25) is 0 Å². The van der Waals surface area contributed by atoms with Gasteiger partial charge in [0.25, 0.3) is 0 Å². The fraction of sp³-hybridized carbons (Fsp3) is 0.429. The van der Waals surface area contributed by atoms with Gasteiger partial charge in [-0.15, -0.1) is 11.3 Å². The maximum Gasteiger partial charge on any atom is 0.162 e. The number of aromatic nitrogens is 5. The Balaban J connectivity index is 1.72. The van der Waals surface area contributed by atoms with E-state index in [9.17, 15) is 0 Å². The molecule has 116 valence electrons. The van der Waals surface area contributed by atoms with Gasteiger partial charge in [-0.05, 0) is 13.8 Å². The second-order valence-corrected chi connectivity index (χ2v) is 6.60. The molecule has 3 heterocycles. The van der Waals surface area contributed by atoms with Gasteiger partial charge in [0.15, 0.2) is 5.65 Å². The lowest BCUT2D eigenvalue weighted by Crippen LogP contribution is -1.99. The molecule has 1 unspecified atom stereocenters. The van der Waals surface area contributed by atoms with Gasteiger partial charge < -0.3 is 4.74 Å². The molecule has 0 aliphatic heterocycles.